The van der Waals surface area contributed by atoms with Crippen molar-refractivity contribution in [2.24, 2.45) is 5.73 Å². The number of amides is 4. The van der Waals surface area contributed by atoms with Crippen LogP contribution in [0.3, 0.4) is 0 Å². The SMILES string of the molecule is COc1cccc(OC)c1N(C)C(=N)NC(=O)NC(C)(C)C.COc1cccc(OC)c1N(C)C(=N)NC(N)=O. The first-order valence-corrected chi connectivity index (χ1v) is 11.9. The number of nitrogens with two attached hydrogens (primary N) is 1. The molecule has 0 saturated carbocycles. The van der Waals surface area contributed by atoms with Crippen LogP contribution in [-0.4, -0.2) is 72.1 Å². The number of nitrogens with one attached hydrogen (secondary N) is 5. The largest absolute Gasteiger partial charge is 0.494 e. The maximum absolute atomic E-state index is 11.9. The minimum absolute atomic E-state index is 0.0930. The minimum atomic E-state index is -0.805. The molecule has 40 heavy (non-hydrogen) atoms. The zero-order valence-corrected chi connectivity index (χ0v) is 24.4. The molecule has 2 aromatic carbocycles. The number of hydrogen-bond donors (Lipinski definition) is 6. The van der Waals surface area contributed by atoms with Crippen molar-refractivity contribution in [1.82, 2.24) is 16.0 Å². The van der Waals surface area contributed by atoms with Crippen molar-refractivity contribution in [1.29, 1.82) is 10.8 Å². The van der Waals surface area contributed by atoms with Crippen LogP contribution in [0.4, 0.5) is 21.0 Å². The molecule has 0 unspecified atom stereocenters. The third kappa shape index (κ3) is 9.45. The number of rotatable bonds is 6. The number of primary amides is 1. The van der Waals surface area contributed by atoms with Crippen molar-refractivity contribution in [3.8, 4) is 23.0 Å². The van der Waals surface area contributed by atoms with Crippen molar-refractivity contribution in [3.05, 3.63) is 36.4 Å². The van der Waals surface area contributed by atoms with E-state index in [1.807, 2.05) is 20.8 Å². The Kier molecular flexibility index (Phi) is 12.3. The van der Waals surface area contributed by atoms with E-state index in [1.165, 1.54) is 38.2 Å². The number of para-hydroxylation sites is 2. The van der Waals surface area contributed by atoms with Gasteiger partial charge in [0, 0.05) is 19.6 Å². The monoisotopic (exact) mass is 560 g/mol. The molecule has 14 heteroatoms. The molecule has 0 saturated heterocycles. The number of benzene rings is 2. The van der Waals surface area contributed by atoms with E-state index < -0.39 is 12.1 Å². The number of urea groups is 2. The molecule has 0 atom stereocenters. The third-order valence-electron chi connectivity index (χ3n) is 5.11. The van der Waals surface area contributed by atoms with Gasteiger partial charge >= 0.3 is 12.1 Å². The normalized spacial score (nSPS) is 10.1. The third-order valence-corrected chi connectivity index (χ3v) is 5.11. The Balaban J connectivity index is 0.000000408. The summed E-state index contributed by atoms with van der Waals surface area (Å²) < 4.78 is 21.0. The summed E-state index contributed by atoms with van der Waals surface area (Å²) in [5.41, 5.74) is 5.68. The van der Waals surface area contributed by atoms with Crippen LogP contribution in [-0.2, 0) is 0 Å². The van der Waals surface area contributed by atoms with Gasteiger partial charge in [-0.1, -0.05) is 12.1 Å². The van der Waals surface area contributed by atoms with Crippen molar-refractivity contribution in [3.63, 3.8) is 0 Å². The van der Waals surface area contributed by atoms with Gasteiger partial charge in [0.2, 0.25) is 11.9 Å². The highest BCUT2D eigenvalue weighted by Crippen LogP contribution is 2.37. The Labute approximate surface area is 234 Å². The van der Waals surface area contributed by atoms with Crippen LogP contribution in [0.5, 0.6) is 23.0 Å². The molecule has 0 radical (unpaired) electrons. The molecule has 0 spiro atoms. The second-order valence-electron chi connectivity index (χ2n) is 9.16. The lowest BCUT2D eigenvalue weighted by Crippen LogP contribution is -2.51. The lowest BCUT2D eigenvalue weighted by Gasteiger charge is -2.26. The number of hydrogen-bond acceptors (Lipinski definition) is 8. The van der Waals surface area contributed by atoms with Crippen molar-refractivity contribution in [2.45, 2.75) is 26.3 Å². The predicted molar refractivity (Wildman–Crippen MR) is 155 cm³/mol. The Morgan fingerprint density at radius 3 is 1.32 bits per heavy atom. The standard InChI is InChI=1S/C15H24N4O3.C11H16N4O3/c1-15(2,3)18-14(20)17-13(16)19(4)12-10(21-5)8-7-9-11(12)22-6;1-15(10(12)14-11(13)16)9-7(17-2)5-4-6-8(9)18-3/h7-9H,1-6H3,(H3,16,17,18,20);4-6H,1-3H3,(H4,12,13,14,16). The minimum Gasteiger partial charge on any atom is -0.494 e. The second kappa shape index (κ2) is 14.9. The molecule has 2 rings (SSSR count). The lowest BCUT2D eigenvalue weighted by molar-refractivity contribution is 0.236. The van der Waals surface area contributed by atoms with E-state index in [1.54, 1.807) is 50.5 Å². The number of methoxy groups -OCH3 is 4. The van der Waals surface area contributed by atoms with Crippen LogP contribution >= 0.6 is 0 Å². The summed E-state index contributed by atoms with van der Waals surface area (Å²) in [4.78, 5) is 25.5. The summed E-state index contributed by atoms with van der Waals surface area (Å²) in [5, 5.41) is 23.2. The van der Waals surface area contributed by atoms with Gasteiger partial charge < -0.3 is 39.8 Å². The number of carbonyl (C=O) groups excluding carboxylic acids is 2. The van der Waals surface area contributed by atoms with Crippen molar-refractivity contribution < 1.29 is 28.5 Å². The van der Waals surface area contributed by atoms with Crippen LogP contribution < -0.4 is 50.4 Å². The molecule has 0 aromatic heterocycles. The summed E-state index contributed by atoms with van der Waals surface area (Å²) in [6, 6.07) is 9.28. The van der Waals surface area contributed by atoms with Gasteiger partial charge in [-0.05, 0) is 45.0 Å². The van der Waals surface area contributed by atoms with Gasteiger partial charge in [0.1, 0.15) is 34.4 Å². The topological polar surface area (TPSA) is 187 Å². The summed E-state index contributed by atoms with van der Waals surface area (Å²) in [6.45, 7) is 5.59. The van der Waals surface area contributed by atoms with E-state index in [2.05, 4.69) is 16.0 Å². The first-order valence-electron chi connectivity index (χ1n) is 11.9. The van der Waals surface area contributed by atoms with E-state index in [9.17, 15) is 9.59 Å². The van der Waals surface area contributed by atoms with Crippen LogP contribution in [0, 0.1) is 10.8 Å². The average Bonchev–Trinajstić information content (AvgIpc) is 2.89. The molecule has 7 N–H and O–H groups in total. The number of ether oxygens (including phenoxy) is 4. The fraction of sp³-hybridized carbons (Fsp3) is 0.385. The maximum atomic E-state index is 11.9. The second-order valence-corrected chi connectivity index (χ2v) is 9.16. The average molecular weight is 561 g/mol. The molecule has 0 aliphatic carbocycles. The summed E-state index contributed by atoms with van der Waals surface area (Å²) in [6.07, 6.45) is 0. The fourth-order valence-electron chi connectivity index (χ4n) is 3.31. The molecule has 14 nitrogen and oxygen atoms in total. The number of nitrogens with zero attached hydrogens (tertiary/aromatic N) is 2. The Morgan fingerprint density at radius 1 is 0.725 bits per heavy atom. The first-order chi connectivity index (χ1) is 18.7. The number of anilines is 2. The van der Waals surface area contributed by atoms with Gasteiger partial charge in [-0.2, -0.15) is 0 Å². The highest BCUT2D eigenvalue weighted by atomic mass is 16.5. The smallest absolute Gasteiger partial charge is 0.321 e. The molecule has 0 aliphatic heterocycles. The van der Waals surface area contributed by atoms with Gasteiger partial charge in [0.25, 0.3) is 0 Å². The van der Waals surface area contributed by atoms with Gasteiger partial charge in [-0.15, -0.1) is 0 Å². The number of carbonyl (C=O) groups is 2. The Bertz CT molecular complexity index is 1150. The first kappa shape index (κ1) is 33.1. The van der Waals surface area contributed by atoms with E-state index in [0.29, 0.717) is 34.4 Å². The quantitative estimate of drug-likeness (QED) is 0.230. The van der Waals surface area contributed by atoms with Crippen LogP contribution in [0.15, 0.2) is 36.4 Å². The molecule has 0 heterocycles. The zero-order chi connectivity index (χ0) is 30.6. The van der Waals surface area contributed by atoms with Gasteiger partial charge in [-0.25, -0.2) is 9.59 Å². The Morgan fingerprint density at radius 2 is 1.05 bits per heavy atom. The molecule has 0 fully saturated rings. The summed E-state index contributed by atoms with van der Waals surface area (Å²) >= 11 is 0. The van der Waals surface area contributed by atoms with Gasteiger partial charge in [0.05, 0.1) is 28.4 Å². The summed E-state index contributed by atoms with van der Waals surface area (Å²) in [5.74, 6) is 1.87. The lowest BCUT2D eigenvalue weighted by atomic mass is 10.1. The molecule has 220 valence electrons. The summed E-state index contributed by atoms with van der Waals surface area (Å²) in [7, 11) is 9.35. The molecule has 0 aliphatic rings. The maximum Gasteiger partial charge on any atom is 0.321 e. The van der Waals surface area contributed by atoms with E-state index >= 15 is 0 Å². The zero-order valence-electron chi connectivity index (χ0n) is 24.4. The fourth-order valence-corrected chi connectivity index (χ4v) is 3.31. The van der Waals surface area contributed by atoms with Gasteiger partial charge in [-0.3, -0.25) is 21.5 Å². The van der Waals surface area contributed by atoms with Crippen LogP contribution in [0.2, 0.25) is 0 Å². The molecule has 4 amide bonds. The van der Waals surface area contributed by atoms with Crippen LogP contribution in [0.25, 0.3) is 0 Å². The van der Waals surface area contributed by atoms with E-state index in [-0.39, 0.29) is 17.5 Å². The number of guanidine groups is 2. The highest BCUT2D eigenvalue weighted by molar-refractivity contribution is 6.05. The van der Waals surface area contributed by atoms with E-state index in [4.69, 9.17) is 35.5 Å². The van der Waals surface area contributed by atoms with Crippen molar-refractivity contribution in [2.75, 3.05) is 52.3 Å². The van der Waals surface area contributed by atoms with Crippen LogP contribution in [0.1, 0.15) is 20.8 Å². The highest BCUT2D eigenvalue weighted by Gasteiger charge is 2.21. The Hall–Kier alpha value is -4.88. The molecular weight excluding hydrogens is 520 g/mol. The molecule has 0 bridgehead atoms. The predicted octanol–water partition coefficient (Wildman–Crippen LogP) is 2.92. The molecular formula is C26H40N8O6. The van der Waals surface area contributed by atoms with E-state index in [0.717, 1.165) is 0 Å². The van der Waals surface area contributed by atoms with Gasteiger partial charge in [0.15, 0.2) is 0 Å². The molecule has 2 aromatic rings. The van der Waals surface area contributed by atoms with Crippen molar-refractivity contribution >= 4 is 35.4 Å².